The van der Waals surface area contributed by atoms with Crippen molar-refractivity contribution in [1.82, 2.24) is 14.5 Å². The number of aryl methyl sites for hydroxylation is 3. The van der Waals surface area contributed by atoms with E-state index in [2.05, 4.69) is 11.9 Å². The molecule has 28 heavy (non-hydrogen) atoms. The maximum Gasteiger partial charge on any atom is 0.350 e. The van der Waals surface area contributed by atoms with Gasteiger partial charge in [0.25, 0.3) is 5.91 Å². The first kappa shape index (κ1) is 20.6. The summed E-state index contributed by atoms with van der Waals surface area (Å²) in [7, 11) is 1.89. The van der Waals surface area contributed by atoms with Crippen LogP contribution in [0.25, 0.3) is 0 Å². The number of aromatic nitrogens is 2. The predicted octanol–water partition coefficient (Wildman–Crippen LogP) is 3.98. The van der Waals surface area contributed by atoms with Crippen molar-refractivity contribution in [2.75, 3.05) is 13.2 Å². The van der Waals surface area contributed by atoms with Gasteiger partial charge in [-0.25, -0.2) is 9.78 Å². The van der Waals surface area contributed by atoms with Crippen molar-refractivity contribution in [1.29, 1.82) is 0 Å². The van der Waals surface area contributed by atoms with Gasteiger partial charge in [-0.15, -0.1) is 11.3 Å². The highest BCUT2D eigenvalue weighted by Crippen LogP contribution is 2.24. The van der Waals surface area contributed by atoms with Crippen molar-refractivity contribution in [3.8, 4) is 0 Å². The zero-order valence-corrected chi connectivity index (χ0v) is 17.8. The van der Waals surface area contributed by atoms with Gasteiger partial charge in [-0.3, -0.25) is 4.79 Å². The molecule has 1 aliphatic rings. The number of esters is 1. The summed E-state index contributed by atoms with van der Waals surface area (Å²) >= 11 is 1.43. The van der Waals surface area contributed by atoms with Gasteiger partial charge in [0.05, 0.1) is 17.3 Å². The number of carbonyl (C=O) groups excluding carboxylic acids is 2. The van der Waals surface area contributed by atoms with Crippen LogP contribution in [0.3, 0.4) is 0 Å². The lowest BCUT2D eigenvalue weighted by atomic mass is 9.99. The lowest BCUT2D eigenvalue weighted by Gasteiger charge is -2.35. The Morgan fingerprint density at radius 1 is 1.36 bits per heavy atom. The first-order valence-corrected chi connectivity index (χ1v) is 10.9. The first-order chi connectivity index (χ1) is 13.5. The Labute approximate surface area is 170 Å². The monoisotopic (exact) mass is 403 g/mol. The number of ether oxygens (including phenoxy) is 1. The van der Waals surface area contributed by atoms with Gasteiger partial charge in [0, 0.05) is 32.3 Å². The molecule has 0 spiro atoms. The van der Waals surface area contributed by atoms with Crippen LogP contribution in [0.5, 0.6) is 0 Å². The molecule has 1 amide bonds. The normalized spacial score (nSPS) is 17.0. The summed E-state index contributed by atoms with van der Waals surface area (Å²) in [4.78, 5) is 32.3. The highest BCUT2D eigenvalue weighted by atomic mass is 32.1. The van der Waals surface area contributed by atoms with Gasteiger partial charge in [0.15, 0.2) is 0 Å². The number of rotatable bonds is 7. The van der Waals surface area contributed by atoms with E-state index in [1.54, 1.807) is 0 Å². The Morgan fingerprint density at radius 3 is 2.89 bits per heavy atom. The summed E-state index contributed by atoms with van der Waals surface area (Å²) in [6.07, 6.45) is 7.52. The van der Waals surface area contributed by atoms with Gasteiger partial charge in [-0.2, -0.15) is 0 Å². The van der Waals surface area contributed by atoms with Crippen molar-refractivity contribution < 1.29 is 14.3 Å². The van der Waals surface area contributed by atoms with Crippen LogP contribution >= 0.6 is 11.3 Å². The van der Waals surface area contributed by atoms with E-state index in [0.717, 1.165) is 49.4 Å². The number of amides is 1. The number of hydrogen-bond acceptors (Lipinski definition) is 5. The quantitative estimate of drug-likeness (QED) is 0.656. The maximum atomic E-state index is 12.9. The van der Waals surface area contributed by atoms with Gasteiger partial charge in [0.1, 0.15) is 10.6 Å². The highest BCUT2D eigenvalue weighted by Gasteiger charge is 2.28. The molecule has 0 aliphatic carbocycles. The van der Waals surface area contributed by atoms with E-state index >= 15 is 0 Å². The smallest absolute Gasteiger partial charge is 0.350 e. The molecule has 1 unspecified atom stereocenters. The van der Waals surface area contributed by atoms with Crippen molar-refractivity contribution in [3.05, 3.63) is 39.6 Å². The minimum atomic E-state index is -0.298. The van der Waals surface area contributed by atoms with E-state index in [1.165, 1.54) is 11.3 Å². The predicted molar refractivity (Wildman–Crippen MR) is 110 cm³/mol. The molecule has 2 aromatic heterocycles. The van der Waals surface area contributed by atoms with Crippen LogP contribution in [0.4, 0.5) is 0 Å². The molecular weight excluding hydrogens is 374 g/mol. The summed E-state index contributed by atoms with van der Waals surface area (Å²) < 4.78 is 7.39. The fraction of sp³-hybridized carbons (Fsp3) is 0.571. The number of carbonyl (C=O) groups is 2. The number of thiazole rings is 1. The van der Waals surface area contributed by atoms with E-state index < -0.39 is 0 Å². The van der Waals surface area contributed by atoms with E-state index in [9.17, 15) is 9.59 Å². The Bertz CT molecular complexity index is 827. The zero-order valence-electron chi connectivity index (χ0n) is 16.9. The fourth-order valence-corrected chi connectivity index (χ4v) is 4.77. The fourth-order valence-electron chi connectivity index (χ4n) is 3.71. The molecular formula is C21H29N3O3S. The second-order valence-electron chi connectivity index (χ2n) is 7.35. The SMILES string of the molecule is CCCc1nc(C)c(C(=O)OCCC2CCCCN2C(=O)c2cccn2C)s1. The number of piperidine rings is 1. The Balaban J connectivity index is 1.57. The molecule has 152 valence electrons. The molecule has 0 radical (unpaired) electrons. The van der Waals surface area contributed by atoms with Gasteiger partial charge in [0.2, 0.25) is 0 Å². The second-order valence-corrected chi connectivity index (χ2v) is 8.43. The van der Waals surface area contributed by atoms with Crippen LogP contribution in [0.15, 0.2) is 18.3 Å². The van der Waals surface area contributed by atoms with Gasteiger partial charge in [-0.1, -0.05) is 6.92 Å². The molecule has 1 atom stereocenters. The van der Waals surface area contributed by atoms with Crippen LogP contribution in [-0.2, 0) is 18.2 Å². The van der Waals surface area contributed by atoms with Gasteiger partial charge in [-0.05, 0) is 51.2 Å². The maximum absolute atomic E-state index is 12.9. The summed E-state index contributed by atoms with van der Waals surface area (Å²) in [5.74, 6) is -0.237. The standard InChI is InChI=1S/C21H29N3O3S/c1-4-8-18-22-15(2)19(28-18)21(26)27-14-11-16-9-5-6-13-24(16)20(25)17-10-7-12-23(17)3/h7,10,12,16H,4-6,8-9,11,13-14H2,1-3H3. The minimum Gasteiger partial charge on any atom is -0.461 e. The summed E-state index contributed by atoms with van der Waals surface area (Å²) in [6.45, 7) is 5.03. The number of nitrogens with zero attached hydrogens (tertiary/aromatic N) is 3. The van der Waals surface area contributed by atoms with Crippen molar-refractivity contribution in [2.45, 2.75) is 58.4 Å². The molecule has 0 saturated carbocycles. The van der Waals surface area contributed by atoms with Crippen molar-refractivity contribution in [3.63, 3.8) is 0 Å². The third-order valence-electron chi connectivity index (χ3n) is 5.23. The topological polar surface area (TPSA) is 64.4 Å². The molecule has 3 rings (SSSR count). The summed E-state index contributed by atoms with van der Waals surface area (Å²) in [5.41, 5.74) is 1.45. The molecule has 0 N–H and O–H groups in total. The average molecular weight is 404 g/mol. The van der Waals surface area contributed by atoms with Crippen LogP contribution in [0.2, 0.25) is 0 Å². The van der Waals surface area contributed by atoms with Crippen molar-refractivity contribution >= 4 is 23.2 Å². The van der Waals surface area contributed by atoms with E-state index in [4.69, 9.17) is 4.74 Å². The van der Waals surface area contributed by atoms with Crippen LogP contribution < -0.4 is 0 Å². The van der Waals surface area contributed by atoms with E-state index in [0.29, 0.717) is 23.6 Å². The van der Waals surface area contributed by atoms with Crippen molar-refractivity contribution in [2.24, 2.45) is 7.05 Å². The summed E-state index contributed by atoms with van der Waals surface area (Å²) in [5, 5.41) is 0.985. The molecule has 0 bridgehead atoms. The first-order valence-electron chi connectivity index (χ1n) is 10.1. The third kappa shape index (κ3) is 4.63. The van der Waals surface area contributed by atoms with E-state index in [-0.39, 0.29) is 17.9 Å². The molecule has 3 heterocycles. The number of hydrogen-bond donors (Lipinski definition) is 0. The molecule has 6 nitrogen and oxygen atoms in total. The molecule has 1 fully saturated rings. The Morgan fingerprint density at radius 2 is 2.18 bits per heavy atom. The zero-order chi connectivity index (χ0) is 20.1. The molecule has 1 saturated heterocycles. The van der Waals surface area contributed by atoms with Gasteiger partial charge >= 0.3 is 5.97 Å². The lowest BCUT2D eigenvalue weighted by molar-refractivity contribution is 0.0409. The van der Waals surface area contributed by atoms with E-state index in [1.807, 2.05) is 41.8 Å². The lowest BCUT2D eigenvalue weighted by Crippen LogP contribution is -2.44. The van der Waals surface area contributed by atoms with Crippen LogP contribution in [-0.4, -0.2) is 45.5 Å². The molecule has 2 aromatic rings. The average Bonchev–Trinajstić information content (AvgIpc) is 3.27. The molecule has 1 aliphatic heterocycles. The summed E-state index contributed by atoms with van der Waals surface area (Å²) in [6, 6.07) is 3.86. The minimum absolute atomic E-state index is 0.0611. The largest absolute Gasteiger partial charge is 0.461 e. The third-order valence-corrected chi connectivity index (χ3v) is 6.42. The molecule has 0 aromatic carbocycles. The Kier molecular flexibility index (Phi) is 6.88. The number of likely N-dealkylation sites (tertiary alicyclic amines) is 1. The molecule has 7 heteroatoms. The second kappa shape index (κ2) is 9.37. The van der Waals surface area contributed by atoms with Crippen LogP contribution in [0, 0.1) is 6.92 Å². The Hall–Kier alpha value is -2.15. The van der Waals surface area contributed by atoms with Crippen LogP contribution in [0.1, 0.15) is 69.9 Å². The highest BCUT2D eigenvalue weighted by molar-refractivity contribution is 7.13. The van der Waals surface area contributed by atoms with Gasteiger partial charge < -0.3 is 14.2 Å².